The van der Waals surface area contributed by atoms with Crippen LogP contribution in [-0.4, -0.2) is 48.6 Å². The maximum atomic E-state index is 12.3. The Hall–Kier alpha value is -2.41. The third-order valence-corrected chi connectivity index (χ3v) is 3.96. The first-order chi connectivity index (χ1) is 11.7. The summed E-state index contributed by atoms with van der Waals surface area (Å²) in [6.45, 7) is 3.61. The lowest BCUT2D eigenvalue weighted by Crippen LogP contribution is -2.51. The number of pyridine rings is 1. The van der Waals surface area contributed by atoms with Gasteiger partial charge in [0.05, 0.1) is 24.9 Å². The van der Waals surface area contributed by atoms with E-state index in [9.17, 15) is 4.79 Å². The Labute approximate surface area is 141 Å². The summed E-state index contributed by atoms with van der Waals surface area (Å²) in [6.07, 6.45) is 4.25. The molecule has 0 aliphatic carbocycles. The molecule has 128 valence electrons. The van der Waals surface area contributed by atoms with Gasteiger partial charge in [-0.1, -0.05) is 6.07 Å². The van der Waals surface area contributed by atoms with E-state index < -0.39 is 0 Å². The molecule has 0 radical (unpaired) electrons. The fourth-order valence-corrected chi connectivity index (χ4v) is 2.66. The van der Waals surface area contributed by atoms with E-state index in [4.69, 9.17) is 9.47 Å². The molecule has 0 unspecified atom stereocenters. The highest BCUT2D eigenvalue weighted by atomic mass is 16.5. The molecule has 2 aliphatic heterocycles. The summed E-state index contributed by atoms with van der Waals surface area (Å²) in [4.78, 5) is 20.7. The first kappa shape index (κ1) is 16.4. The number of amides is 1. The van der Waals surface area contributed by atoms with Crippen LogP contribution < -0.4 is 15.4 Å². The molecule has 1 saturated heterocycles. The molecular weight excluding hydrogens is 308 g/mol. The maximum absolute atomic E-state index is 12.3. The molecule has 0 bridgehead atoms. The molecule has 3 rings (SSSR count). The second-order valence-corrected chi connectivity index (χ2v) is 5.89. The Bertz CT molecular complexity index is 630. The number of hydrogen-bond acceptors (Lipinski definition) is 6. The van der Waals surface area contributed by atoms with Gasteiger partial charge in [0.15, 0.2) is 0 Å². The van der Waals surface area contributed by atoms with Gasteiger partial charge in [-0.3, -0.25) is 4.79 Å². The molecule has 7 nitrogen and oxygen atoms in total. The highest BCUT2D eigenvalue weighted by molar-refractivity contribution is 5.83. The van der Waals surface area contributed by atoms with Crippen LogP contribution >= 0.6 is 0 Å². The monoisotopic (exact) mass is 330 g/mol. The lowest BCUT2D eigenvalue weighted by atomic mass is 10.0. The smallest absolute Gasteiger partial charge is 0.224 e. The fraction of sp³-hybridized carbons (Fsp3) is 0.471. The number of carbonyl (C=O) groups excluding carboxylic acids is 1. The van der Waals surface area contributed by atoms with Crippen molar-refractivity contribution >= 4 is 11.7 Å². The minimum Gasteiger partial charge on any atom is -0.470 e. The lowest BCUT2D eigenvalue weighted by molar-refractivity contribution is -0.123. The van der Waals surface area contributed by atoms with E-state index in [-0.39, 0.29) is 18.1 Å². The van der Waals surface area contributed by atoms with Gasteiger partial charge in [0, 0.05) is 31.6 Å². The third-order valence-electron chi connectivity index (χ3n) is 3.96. The number of amidine groups is 1. The molecule has 24 heavy (non-hydrogen) atoms. The fourth-order valence-electron chi connectivity index (χ4n) is 2.66. The third kappa shape index (κ3) is 4.55. The van der Waals surface area contributed by atoms with Crippen molar-refractivity contribution in [1.82, 2.24) is 15.6 Å². The average molecular weight is 330 g/mol. The normalized spacial score (nSPS) is 23.5. The molecule has 3 heterocycles. The van der Waals surface area contributed by atoms with Crippen LogP contribution in [0.2, 0.25) is 0 Å². The number of aliphatic imine (C=N–C) groups is 1. The van der Waals surface area contributed by atoms with Crippen LogP contribution in [0.5, 0.6) is 5.88 Å². The van der Waals surface area contributed by atoms with E-state index in [1.54, 1.807) is 18.5 Å². The van der Waals surface area contributed by atoms with Gasteiger partial charge in [-0.25, -0.2) is 9.98 Å². The predicted molar refractivity (Wildman–Crippen MR) is 89.8 cm³/mol. The summed E-state index contributed by atoms with van der Waals surface area (Å²) >= 11 is 0. The van der Waals surface area contributed by atoms with Crippen molar-refractivity contribution < 1.29 is 14.3 Å². The number of nitrogens with one attached hydrogen (secondary N) is 2. The van der Waals surface area contributed by atoms with Gasteiger partial charge in [0.2, 0.25) is 11.8 Å². The Morgan fingerprint density at radius 2 is 2.42 bits per heavy atom. The molecule has 7 heteroatoms. The van der Waals surface area contributed by atoms with Gasteiger partial charge < -0.3 is 20.1 Å². The highest BCUT2D eigenvalue weighted by Crippen LogP contribution is 2.16. The number of ether oxygens (including phenoxy) is 2. The van der Waals surface area contributed by atoms with Gasteiger partial charge in [-0.15, -0.1) is 0 Å². The van der Waals surface area contributed by atoms with Crippen LogP contribution in [0.15, 0.2) is 41.2 Å². The second kappa shape index (κ2) is 7.92. The van der Waals surface area contributed by atoms with Crippen LogP contribution in [0.1, 0.15) is 19.8 Å². The zero-order chi connectivity index (χ0) is 16.8. The van der Waals surface area contributed by atoms with E-state index >= 15 is 0 Å². The molecule has 2 N–H and O–H groups in total. The molecule has 1 aromatic rings. The number of carbonyl (C=O) groups is 1. The summed E-state index contributed by atoms with van der Waals surface area (Å²) in [5, 5.41) is 6.19. The Balaban J connectivity index is 1.56. The van der Waals surface area contributed by atoms with Gasteiger partial charge >= 0.3 is 0 Å². The molecule has 1 amide bonds. The zero-order valence-electron chi connectivity index (χ0n) is 13.7. The minimum atomic E-state index is -0.240. The minimum absolute atomic E-state index is 0.0284. The molecule has 0 spiro atoms. The van der Waals surface area contributed by atoms with Crippen LogP contribution in [0.25, 0.3) is 0 Å². The highest BCUT2D eigenvalue weighted by Gasteiger charge is 2.29. The summed E-state index contributed by atoms with van der Waals surface area (Å²) in [5.74, 6) is 1.38. The molecule has 0 saturated carbocycles. The quantitative estimate of drug-likeness (QED) is 0.842. The predicted octanol–water partition coefficient (Wildman–Crippen LogP) is 1.03. The van der Waals surface area contributed by atoms with E-state index in [1.165, 1.54) is 0 Å². The Kier molecular flexibility index (Phi) is 5.43. The SMILES string of the molecule is CC1=NC=C(CC(=O)N[C@@H]2CCOC[C@H]2Oc2ccccn2)CN1. The standard InChI is InChI=1S/C17H22N4O3/c1-12-19-9-13(10-20-12)8-16(22)21-14-5-7-23-11-15(14)24-17-4-2-3-6-18-17/h2-4,6,9,14-15H,5,7-8,10-11H2,1H3,(H,19,20)(H,21,22)/t14-,15-/m1/s1. The Morgan fingerprint density at radius 3 is 3.17 bits per heavy atom. The summed E-state index contributed by atoms with van der Waals surface area (Å²) < 4.78 is 11.4. The summed E-state index contributed by atoms with van der Waals surface area (Å²) in [7, 11) is 0. The van der Waals surface area contributed by atoms with Crippen molar-refractivity contribution in [1.29, 1.82) is 0 Å². The molecule has 2 atom stereocenters. The van der Waals surface area contributed by atoms with E-state index in [2.05, 4.69) is 20.6 Å². The summed E-state index contributed by atoms with van der Waals surface area (Å²) in [5.41, 5.74) is 0.965. The average Bonchev–Trinajstić information content (AvgIpc) is 2.60. The van der Waals surface area contributed by atoms with Crippen molar-refractivity contribution in [3.8, 4) is 5.88 Å². The van der Waals surface area contributed by atoms with E-state index in [1.807, 2.05) is 19.1 Å². The summed E-state index contributed by atoms with van der Waals surface area (Å²) in [6, 6.07) is 5.41. The number of aromatic nitrogens is 1. The number of rotatable bonds is 5. The first-order valence-corrected chi connectivity index (χ1v) is 8.11. The largest absolute Gasteiger partial charge is 0.470 e. The molecule has 0 aromatic carbocycles. The van der Waals surface area contributed by atoms with Crippen molar-refractivity contribution in [2.75, 3.05) is 19.8 Å². The number of hydrogen-bond donors (Lipinski definition) is 2. The van der Waals surface area contributed by atoms with Gasteiger partial charge in [-0.2, -0.15) is 0 Å². The van der Waals surface area contributed by atoms with Crippen LogP contribution in [0, 0.1) is 0 Å². The van der Waals surface area contributed by atoms with Crippen LogP contribution in [0.3, 0.4) is 0 Å². The first-order valence-electron chi connectivity index (χ1n) is 8.11. The van der Waals surface area contributed by atoms with Gasteiger partial charge in [0.1, 0.15) is 6.10 Å². The Morgan fingerprint density at radius 1 is 1.50 bits per heavy atom. The van der Waals surface area contributed by atoms with Crippen LogP contribution in [-0.2, 0) is 9.53 Å². The maximum Gasteiger partial charge on any atom is 0.224 e. The topological polar surface area (TPSA) is 84.8 Å². The van der Waals surface area contributed by atoms with Crippen molar-refractivity contribution in [2.24, 2.45) is 4.99 Å². The molecular formula is C17H22N4O3. The van der Waals surface area contributed by atoms with Crippen molar-refractivity contribution in [2.45, 2.75) is 31.9 Å². The van der Waals surface area contributed by atoms with Gasteiger partial charge in [-0.05, 0) is 25.0 Å². The molecule has 1 aromatic heterocycles. The van der Waals surface area contributed by atoms with Crippen LogP contribution in [0.4, 0.5) is 0 Å². The van der Waals surface area contributed by atoms with Gasteiger partial charge in [0.25, 0.3) is 0 Å². The lowest BCUT2D eigenvalue weighted by Gasteiger charge is -2.32. The van der Waals surface area contributed by atoms with Crippen molar-refractivity contribution in [3.63, 3.8) is 0 Å². The zero-order valence-corrected chi connectivity index (χ0v) is 13.7. The molecule has 2 aliphatic rings. The van der Waals surface area contributed by atoms with Crippen molar-refractivity contribution in [3.05, 3.63) is 36.2 Å². The second-order valence-electron chi connectivity index (χ2n) is 5.89. The molecule has 1 fully saturated rings. The number of nitrogens with zero attached hydrogens (tertiary/aromatic N) is 2. The van der Waals surface area contributed by atoms with E-state index in [0.29, 0.717) is 32.1 Å². The van der Waals surface area contributed by atoms with E-state index in [0.717, 1.165) is 17.8 Å².